The van der Waals surface area contributed by atoms with Crippen LogP contribution in [0.25, 0.3) is 0 Å². The summed E-state index contributed by atoms with van der Waals surface area (Å²) in [5.74, 6) is 0. The molecule has 0 radical (unpaired) electrons. The molecule has 4 heteroatoms. The molecule has 10 heavy (non-hydrogen) atoms. The fraction of sp³-hybridized carbons (Fsp3) is 1.00. The van der Waals surface area contributed by atoms with E-state index in [0.717, 1.165) is 0 Å². The van der Waals surface area contributed by atoms with Gasteiger partial charge in [0.25, 0.3) is 0 Å². The summed E-state index contributed by atoms with van der Waals surface area (Å²) in [7, 11) is 0. The monoisotopic (exact) mass is 146 g/mol. The van der Waals surface area contributed by atoms with Gasteiger partial charge in [-0.3, -0.25) is 0 Å². The van der Waals surface area contributed by atoms with Crippen LogP contribution in [-0.4, -0.2) is 29.6 Å². The Hall–Kier alpha value is -0.160. The number of aliphatic hydroxyl groups excluding tert-OH is 1. The molecule has 4 nitrogen and oxygen atoms in total. The topological polar surface area (TPSA) is 81.5 Å². The largest absolute Gasteiger partial charge is 0.367 e. The molecular weight excluding hydrogens is 132 g/mol. The third-order valence-corrected chi connectivity index (χ3v) is 1.87. The summed E-state index contributed by atoms with van der Waals surface area (Å²) in [6.07, 6.45) is -0.299. The Kier molecular flexibility index (Phi) is 2.25. The van der Waals surface area contributed by atoms with Crippen molar-refractivity contribution in [2.45, 2.75) is 37.8 Å². The zero-order valence-electron chi connectivity index (χ0n) is 6.03. The van der Waals surface area contributed by atoms with Crippen LogP contribution in [0.1, 0.15) is 13.3 Å². The van der Waals surface area contributed by atoms with Gasteiger partial charge in [-0.1, -0.05) is 0 Å². The molecule has 1 fully saturated rings. The number of hydrogen-bond donors (Lipinski definition) is 3. The highest BCUT2D eigenvalue weighted by molar-refractivity contribution is 4.82. The number of rotatable bonds is 0. The maximum atomic E-state index is 9.06. The first kappa shape index (κ1) is 7.94. The Labute approximate surface area is 60.1 Å². The van der Waals surface area contributed by atoms with Gasteiger partial charge in [-0.25, -0.2) is 0 Å². The van der Waals surface area contributed by atoms with Crippen LogP contribution in [0.3, 0.4) is 0 Å². The number of ether oxygens (including phenoxy) is 1. The maximum absolute atomic E-state index is 9.06. The lowest BCUT2D eigenvalue weighted by Gasteiger charge is -2.33. The fourth-order valence-electron chi connectivity index (χ4n) is 1.04. The van der Waals surface area contributed by atoms with Crippen LogP contribution < -0.4 is 11.5 Å². The summed E-state index contributed by atoms with van der Waals surface area (Å²) in [5.41, 5.74) is 11.1. The van der Waals surface area contributed by atoms with E-state index in [1.54, 1.807) is 0 Å². The Balaban J connectivity index is 2.46. The standard InChI is InChI=1S/C6H14N2O2/c1-3-4(7)2-5(8)6(9)10-3/h3-6,9H,2,7-8H2,1H3. The zero-order valence-corrected chi connectivity index (χ0v) is 6.03. The van der Waals surface area contributed by atoms with E-state index < -0.39 is 6.29 Å². The number of aliphatic hydroxyl groups is 1. The average molecular weight is 146 g/mol. The van der Waals surface area contributed by atoms with Crippen molar-refractivity contribution < 1.29 is 9.84 Å². The first-order valence-electron chi connectivity index (χ1n) is 3.46. The highest BCUT2D eigenvalue weighted by Crippen LogP contribution is 2.14. The van der Waals surface area contributed by atoms with Gasteiger partial charge in [0.05, 0.1) is 12.1 Å². The van der Waals surface area contributed by atoms with E-state index in [4.69, 9.17) is 21.3 Å². The first-order chi connectivity index (χ1) is 4.61. The second-order valence-corrected chi connectivity index (χ2v) is 2.80. The van der Waals surface area contributed by atoms with Crippen LogP contribution in [0, 0.1) is 0 Å². The zero-order chi connectivity index (χ0) is 7.72. The van der Waals surface area contributed by atoms with Crippen LogP contribution in [0.2, 0.25) is 0 Å². The molecule has 0 saturated carbocycles. The van der Waals surface area contributed by atoms with E-state index in [-0.39, 0.29) is 18.2 Å². The highest BCUT2D eigenvalue weighted by atomic mass is 16.6. The van der Waals surface area contributed by atoms with Gasteiger partial charge in [0.15, 0.2) is 6.29 Å². The van der Waals surface area contributed by atoms with Crippen molar-refractivity contribution in [3.05, 3.63) is 0 Å². The molecule has 1 saturated heterocycles. The Morgan fingerprint density at radius 1 is 1.40 bits per heavy atom. The number of hydrogen-bond acceptors (Lipinski definition) is 4. The molecule has 1 rings (SSSR count). The molecule has 1 heterocycles. The SMILES string of the molecule is CC1OC(O)C(N)CC1N. The second-order valence-electron chi connectivity index (χ2n) is 2.80. The summed E-state index contributed by atoms with van der Waals surface area (Å²) in [5, 5.41) is 9.06. The van der Waals surface area contributed by atoms with E-state index in [2.05, 4.69) is 0 Å². The van der Waals surface area contributed by atoms with Crippen LogP contribution in [0.5, 0.6) is 0 Å². The van der Waals surface area contributed by atoms with Crippen LogP contribution in [0.4, 0.5) is 0 Å². The molecule has 0 aromatic rings. The van der Waals surface area contributed by atoms with Gasteiger partial charge < -0.3 is 21.3 Å². The summed E-state index contributed by atoms with van der Waals surface area (Å²) < 4.78 is 5.02. The van der Waals surface area contributed by atoms with Crippen molar-refractivity contribution in [1.82, 2.24) is 0 Å². The van der Waals surface area contributed by atoms with Gasteiger partial charge in [0, 0.05) is 6.04 Å². The summed E-state index contributed by atoms with van der Waals surface area (Å²) in [6, 6.07) is -0.371. The molecule has 0 aromatic carbocycles. The van der Waals surface area contributed by atoms with E-state index in [9.17, 15) is 0 Å². The molecule has 0 aromatic heterocycles. The Bertz CT molecular complexity index is 94.3. The lowest BCUT2D eigenvalue weighted by Crippen LogP contribution is -2.53. The van der Waals surface area contributed by atoms with Crippen LogP contribution in [0.15, 0.2) is 0 Å². The van der Waals surface area contributed by atoms with Gasteiger partial charge >= 0.3 is 0 Å². The minimum absolute atomic E-state index is 0.0431. The van der Waals surface area contributed by atoms with Gasteiger partial charge in [-0.15, -0.1) is 0 Å². The third kappa shape index (κ3) is 1.46. The molecule has 60 valence electrons. The van der Waals surface area contributed by atoms with Crippen molar-refractivity contribution in [3.63, 3.8) is 0 Å². The molecule has 0 bridgehead atoms. The minimum Gasteiger partial charge on any atom is -0.367 e. The molecule has 0 amide bonds. The molecule has 4 unspecified atom stereocenters. The molecule has 5 N–H and O–H groups in total. The summed E-state index contributed by atoms with van der Waals surface area (Å²) >= 11 is 0. The van der Waals surface area contributed by atoms with Crippen LogP contribution in [-0.2, 0) is 4.74 Å². The van der Waals surface area contributed by atoms with Gasteiger partial charge in [-0.05, 0) is 13.3 Å². The van der Waals surface area contributed by atoms with Crippen LogP contribution >= 0.6 is 0 Å². The fourth-order valence-corrected chi connectivity index (χ4v) is 1.04. The predicted octanol–water partition coefficient (Wildman–Crippen LogP) is -1.23. The second kappa shape index (κ2) is 2.84. The molecular formula is C6H14N2O2. The van der Waals surface area contributed by atoms with Gasteiger partial charge in [-0.2, -0.15) is 0 Å². The number of nitrogens with two attached hydrogens (primary N) is 2. The minimum atomic E-state index is -0.838. The van der Waals surface area contributed by atoms with Gasteiger partial charge in [0.1, 0.15) is 0 Å². The van der Waals surface area contributed by atoms with Gasteiger partial charge in [0.2, 0.25) is 0 Å². The lowest BCUT2D eigenvalue weighted by atomic mass is 10.0. The maximum Gasteiger partial charge on any atom is 0.170 e. The van der Waals surface area contributed by atoms with E-state index in [1.165, 1.54) is 0 Å². The van der Waals surface area contributed by atoms with Crippen molar-refractivity contribution in [2.24, 2.45) is 11.5 Å². The first-order valence-corrected chi connectivity index (χ1v) is 3.46. The lowest BCUT2D eigenvalue weighted by molar-refractivity contribution is -0.172. The molecule has 1 aliphatic rings. The van der Waals surface area contributed by atoms with Crippen molar-refractivity contribution >= 4 is 0 Å². The quantitative estimate of drug-likeness (QED) is 0.399. The average Bonchev–Trinajstić information content (AvgIpc) is 1.84. The molecule has 0 spiro atoms. The third-order valence-electron chi connectivity index (χ3n) is 1.87. The van der Waals surface area contributed by atoms with Crippen molar-refractivity contribution in [3.8, 4) is 0 Å². The smallest absolute Gasteiger partial charge is 0.170 e. The van der Waals surface area contributed by atoms with E-state index in [1.807, 2.05) is 6.92 Å². The predicted molar refractivity (Wildman–Crippen MR) is 37.1 cm³/mol. The molecule has 1 aliphatic heterocycles. The van der Waals surface area contributed by atoms with E-state index >= 15 is 0 Å². The Morgan fingerprint density at radius 3 is 2.50 bits per heavy atom. The van der Waals surface area contributed by atoms with E-state index in [0.29, 0.717) is 6.42 Å². The highest BCUT2D eigenvalue weighted by Gasteiger charge is 2.29. The molecule has 4 atom stereocenters. The molecule has 0 aliphatic carbocycles. The summed E-state index contributed by atoms with van der Waals surface area (Å²) in [4.78, 5) is 0. The van der Waals surface area contributed by atoms with Crippen molar-refractivity contribution in [1.29, 1.82) is 0 Å². The summed E-state index contributed by atoms with van der Waals surface area (Å²) in [6.45, 7) is 1.83. The Morgan fingerprint density at radius 2 is 2.00 bits per heavy atom. The van der Waals surface area contributed by atoms with Crippen molar-refractivity contribution in [2.75, 3.05) is 0 Å². The normalized spacial score (nSPS) is 49.2.